The van der Waals surface area contributed by atoms with E-state index < -0.39 is 0 Å². The number of benzene rings is 2. The molecule has 82 valence electrons. The van der Waals surface area contributed by atoms with Crippen LogP contribution >= 0.6 is 0 Å². The summed E-state index contributed by atoms with van der Waals surface area (Å²) in [4.78, 5) is 0. The summed E-state index contributed by atoms with van der Waals surface area (Å²) >= 11 is 0. The van der Waals surface area contributed by atoms with Crippen molar-refractivity contribution in [3.05, 3.63) is 53.6 Å². The Morgan fingerprint density at radius 3 is 2.38 bits per heavy atom. The lowest BCUT2D eigenvalue weighted by Gasteiger charge is -2.08. The second-order valence-electron chi connectivity index (χ2n) is 3.70. The number of nitrogens with two attached hydrogens (primary N) is 1. The van der Waals surface area contributed by atoms with E-state index in [0.29, 0.717) is 22.4 Å². The van der Waals surface area contributed by atoms with Gasteiger partial charge in [-0.1, -0.05) is 6.07 Å². The third-order valence-corrected chi connectivity index (χ3v) is 2.47. The Morgan fingerprint density at radius 1 is 0.938 bits per heavy atom. The summed E-state index contributed by atoms with van der Waals surface area (Å²) in [6.07, 6.45) is 0. The van der Waals surface area contributed by atoms with Crippen LogP contribution in [-0.2, 0) is 0 Å². The van der Waals surface area contributed by atoms with Gasteiger partial charge in [-0.15, -0.1) is 0 Å². The lowest BCUT2D eigenvalue weighted by molar-refractivity contribution is 0.624. The van der Waals surface area contributed by atoms with Gasteiger partial charge in [-0.25, -0.2) is 8.78 Å². The lowest BCUT2D eigenvalue weighted by Crippen LogP contribution is -1.92. The van der Waals surface area contributed by atoms with Crippen LogP contribution in [0.1, 0.15) is 5.56 Å². The molecule has 0 unspecified atom stereocenters. The van der Waals surface area contributed by atoms with E-state index in [4.69, 9.17) is 5.73 Å². The SMILES string of the molecule is Cc1cc(F)ccc1-c1cc(N)ccc1F. The van der Waals surface area contributed by atoms with Gasteiger partial charge >= 0.3 is 0 Å². The normalized spacial score (nSPS) is 10.4. The molecule has 0 saturated carbocycles. The molecule has 2 N–H and O–H groups in total. The van der Waals surface area contributed by atoms with Crippen molar-refractivity contribution in [1.29, 1.82) is 0 Å². The van der Waals surface area contributed by atoms with E-state index in [1.54, 1.807) is 19.1 Å². The number of hydrogen-bond donors (Lipinski definition) is 1. The molecular weight excluding hydrogens is 208 g/mol. The number of aryl methyl sites for hydroxylation is 1. The van der Waals surface area contributed by atoms with Gasteiger partial charge in [-0.3, -0.25) is 0 Å². The Balaban J connectivity index is 2.62. The molecule has 0 fully saturated rings. The number of rotatable bonds is 1. The molecule has 0 bridgehead atoms. The highest BCUT2D eigenvalue weighted by Crippen LogP contribution is 2.28. The highest BCUT2D eigenvalue weighted by molar-refractivity contribution is 5.70. The van der Waals surface area contributed by atoms with Crippen molar-refractivity contribution in [2.45, 2.75) is 6.92 Å². The monoisotopic (exact) mass is 219 g/mol. The molecule has 0 heterocycles. The Labute approximate surface area is 92.5 Å². The Bertz CT molecular complexity index is 535. The van der Waals surface area contributed by atoms with Crippen LogP contribution in [0.5, 0.6) is 0 Å². The first kappa shape index (κ1) is 10.6. The quantitative estimate of drug-likeness (QED) is 0.729. The third kappa shape index (κ3) is 1.89. The second-order valence-corrected chi connectivity index (χ2v) is 3.70. The lowest BCUT2D eigenvalue weighted by atomic mass is 9.99. The average Bonchev–Trinajstić information content (AvgIpc) is 2.22. The smallest absolute Gasteiger partial charge is 0.131 e. The van der Waals surface area contributed by atoms with E-state index in [2.05, 4.69) is 0 Å². The zero-order valence-corrected chi connectivity index (χ0v) is 8.80. The van der Waals surface area contributed by atoms with E-state index >= 15 is 0 Å². The van der Waals surface area contributed by atoms with Gasteiger partial charge in [0.25, 0.3) is 0 Å². The average molecular weight is 219 g/mol. The van der Waals surface area contributed by atoms with Crippen LogP contribution in [-0.4, -0.2) is 0 Å². The Hall–Kier alpha value is -1.90. The molecule has 0 aromatic heterocycles. The molecular formula is C13H11F2N. The molecule has 0 saturated heterocycles. The molecule has 0 atom stereocenters. The van der Waals surface area contributed by atoms with Crippen molar-refractivity contribution in [3.63, 3.8) is 0 Å². The Kier molecular flexibility index (Phi) is 2.60. The van der Waals surface area contributed by atoms with Crippen LogP contribution in [0, 0.1) is 18.6 Å². The van der Waals surface area contributed by atoms with E-state index in [-0.39, 0.29) is 11.6 Å². The van der Waals surface area contributed by atoms with Crippen molar-refractivity contribution >= 4 is 5.69 Å². The number of hydrogen-bond acceptors (Lipinski definition) is 1. The maximum atomic E-state index is 13.6. The molecule has 0 aliphatic carbocycles. The topological polar surface area (TPSA) is 26.0 Å². The van der Waals surface area contributed by atoms with Crippen molar-refractivity contribution in [3.8, 4) is 11.1 Å². The van der Waals surface area contributed by atoms with Crippen molar-refractivity contribution in [2.75, 3.05) is 5.73 Å². The van der Waals surface area contributed by atoms with Crippen LogP contribution in [0.2, 0.25) is 0 Å². The maximum absolute atomic E-state index is 13.6. The minimum absolute atomic E-state index is 0.328. The zero-order valence-electron chi connectivity index (χ0n) is 8.80. The third-order valence-electron chi connectivity index (χ3n) is 2.47. The molecule has 3 heteroatoms. The fraction of sp³-hybridized carbons (Fsp3) is 0.0769. The van der Waals surface area contributed by atoms with E-state index in [1.807, 2.05) is 0 Å². The first-order valence-electron chi connectivity index (χ1n) is 4.89. The molecule has 16 heavy (non-hydrogen) atoms. The highest BCUT2D eigenvalue weighted by Gasteiger charge is 2.08. The minimum atomic E-state index is -0.357. The summed E-state index contributed by atoms with van der Waals surface area (Å²) in [5.74, 6) is -0.686. The van der Waals surface area contributed by atoms with E-state index in [0.717, 1.165) is 0 Å². The second kappa shape index (κ2) is 3.93. The van der Waals surface area contributed by atoms with Crippen LogP contribution in [0.25, 0.3) is 11.1 Å². The van der Waals surface area contributed by atoms with Crippen molar-refractivity contribution in [2.24, 2.45) is 0 Å². The van der Waals surface area contributed by atoms with Crippen LogP contribution in [0.4, 0.5) is 14.5 Å². The predicted molar refractivity (Wildman–Crippen MR) is 60.9 cm³/mol. The fourth-order valence-electron chi connectivity index (χ4n) is 1.68. The summed E-state index contributed by atoms with van der Waals surface area (Å²) in [7, 11) is 0. The van der Waals surface area contributed by atoms with Crippen LogP contribution < -0.4 is 5.73 Å². The first-order chi connectivity index (χ1) is 7.58. The van der Waals surface area contributed by atoms with Gasteiger partial charge in [-0.2, -0.15) is 0 Å². The zero-order chi connectivity index (χ0) is 11.7. The van der Waals surface area contributed by atoms with Gasteiger partial charge in [0.15, 0.2) is 0 Å². The standard InChI is InChI=1S/C13H11F2N/c1-8-6-9(14)2-4-11(8)12-7-10(16)3-5-13(12)15/h2-7H,16H2,1H3. The van der Waals surface area contributed by atoms with Gasteiger partial charge in [0, 0.05) is 11.3 Å². The fourth-order valence-corrected chi connectivity index (χ4v) is 1.68. The van der Waals surface area contributed by atoms with Gasteiger partial charge < -0.3 is 5.73 Å². The number of anilines is 1. The van der Waals surface area contributed by atoms with Gasteiger partial charge in [-0.05, 0) is 48.4 Å². The molecule has 0 spiro atoms. The minimum Gasteiger partial charge on any atom is -0.399 e. The summed E-state index contributed by atoms with van der Waals surface area (Å²) in [5.41, 5.74) is 7.83. The molecule has 0 aliphatic heterocycles. The van der Waals surface area contributed by atoms with Gasteiger partial charge in [0.2, 0.25) is 0 Å². The summed E-state index contributed by atoms with van der Waals surface area (Å²) < 4.78 is 26.5. The molecule has 0 aliphatic rings. The van der Waals surface area contributed by atoms with Crippen molar-refractivity contribution < 1.29 is 8.78 Å². The van der Waals surface area contributed by atoms with E-state index in [9.17, 15) is 8.78 Å². The summed E-state index contributed by atoms with van der Waals surface area (Å²) in [6.45, 7) is 1.74. The predicted octanol–water partition coefficient (Wildman–Crippen LogP) is 3.52. The molecule has 1 nitrogen and oxygen atoms in total. The molecule has 2 rings (SSSR count). The first-order valence-corrected chi connectivity index (χ1v) is 4.89. The van der Waals surface area contributed by atoms with E-state index in [1.165, 1.54) is 24.3 Å². The molecule has 2 aromatic carbocycles. The largest absolute Gasteiger partial charge is 0.399 e. The van der Waals surface area contributed by atoms with Crippen LogP contribution in [0.15, 0.2) is 36.4 Å². The van der Waals surface area contributed by atoms with Gasteiger partial charge in [0.1, 0.15) is 11.6 Å². The highest BCUT2D eigenvalue weighted by atomic mass is 19.1. The number of nitrogen functional groups attached to an aromatic ring is 1. The summed E-state index contributed by atoms with van der Waals surface area (Å²) in [6, 6.07) is 8.60. The van der Waals surface area contributed by atoms with Crippen LogP contribution in [0.3, 0.4) is 0 Å². The molecule has 2 aromatic rings. The van der Waals surface area contributed by atoms with Gasteiger partial charge in [0.05, 0.1) is 0 Å². The molecule has 0 amide bonds. The Morgan fingerprint density at radius 2 is 1.69 bits per heavy atom. The summed E-state index contributed by atoms with van der Waals surface area (Å²) in [5, 5.41) is 0. The molecule has 0 radical (unpaired) electrons. The number of halogens is 2. The van der Waals surface area contributed by atoms with Crippen molar-refractivity contribution in [1.82, 2.24) is 0 Å². The maximum Gasteiger partial charge on any atom is 0.131 e.